The Morgan fingerprint density at radius 2 is 2.18 bits per heavy atom. The van der Waals surface area contributed by atoms with Crippen LogP contribution in [-0.4, -0.2) is 39.0 Å². The van der Waals surface area contributed by atoms with Crippen molar-refractivity contribution in [3.63, 3.8) is 0 Å². The second kappa shape index (κ2) is 5.26. The SMILES string of the molecule is O=C(O)C1CN(Cc2ccc3c(c2)Nc2nccnc2S3)C1. The number of rotatable bonds is 3. The summed E-state index contributed by atoms with van der Waals surface area (Å²) in [5.74, 6) is -0.129. The van der Waals surface area contributed by atoms with Crippen molar-refractivity contribution in [2.45, 2.75) is 16.5 Å². The van der Waals surface area contributed by atoms with Crippen LogP contribution in [0.15, 0.2) is 40.5 Å². The van der Waals surface area contributed by atoms with Crippen LogP contribution in [0.25, 0.3) is 0 Å². The lowest BCUT2D eigenvalue weighted by atomic mass is 9.99. The molecule has 1 saturated heterocycles. The first-order chi connectivity index (χ1) is 10.7. The molecule has 2 N–H and O–H groups in total. The van der Waals surface area contributed by atoms with Crippen molar-refractivity contribution in [1.29, 1.82) is 0 Å². The first kappa shape index (κ1) is 13.5. The largest absolute Gasteiger partial charge is 0.481 e. The molecule has 0 unspecified atom stereocenters. The second-order valence-electron chi connectivity index (χ2n) is 5.50. The molecule has 0 bridgehead atoms. The van der Waals surface area contributed by atoms with Gasteiger partial charge in [0.2, 0.25) is 0 Å². The van der Waals surface area contributed by atoms with E-state index in [4.69, 9.17) is 5.11 Å². The third-order valence-electron chi connectivity index (χ3n) is 3.88. The summed E-state index contributed by atoms with van der Waals surface area (Å²) in [6, 6.07) is 6.27. The lowest BCUT2D eigenvalue weighted by molar-refractivity contribution is -0.147. The number of hydrogen-bond acceptors (Lipinski definition) is 6. The number of carbonyl (C=O) groups is 1. The molecule has 0 spiro atoms. The summed E-state index contributed by atoms with van der Waals surface area (Å²) >= 11 is 1.61. The predicted molar refractivity (Wildman–Crippen MR) is 82.3 cm³/mol. The Morgan fingerprint density at radius 1 is 1.36 bits per heavy atom. The maximum atomic E-state index is 10.8. The molecule has 1 aromatic carbocycles. The molecule has 0 saturated carbocycles. The van der Waals surface area contributed by atoms with Gasteiger partial charge in [-0.25, -0.2) is 9.97 Å². The average Bonchev–Trinajstić information content (AvgIpc) is 2.47. The van der Waals surface area contributed by atoms with Crippen molar-refractivity contribution in [3.05, 3.63) is 36.2 Å². The Bertz CT molecular complexity index is 746. The number of aromatic nitrogens is 2. The lowest BCUT2D eigenvalue weighted by Crippen LogP contribution is -2.49. The minimum absolute atomic E-state index is 0.214. The third-order valence-corrected chi connectivity index (χ3v) is 4.95. The standard InChI is InChI=1S/C15H14N4O2S/c20-15(21)10-7-19(8-10)6-9-1-2-12-11(5-9)18-13-14(22-12)17-4-3-16-13/h1-5,10H,6-8H2,(H,16,18)(H,20,21). The van der Waals surface area contributed by atoms with Crippen LogP contribution in [0.5, 0.6) is 0 Å². The van der Waals surface area contributed by atoms with Crippen molar-refractivity contribution in [1.82, 2.24) is 14.9 Å². The van der Waals surface area contributed by atoms with Gasteiger partial charge in [-0.3, -0.25) is 9.69 Å². The van der Waals surface area contributed by atoms with Crippen molar-refractivity contribution >= 4 is 29.2 Å². The topological polar surface area (TPSA) is 78.4 Å². The zero-order valence-electron chi connectivity index (χ0n) is 11.7. The van der Waals surface area contributed by atoms with Gasteiger partial charge >= 0.3 is 5.97 Å². The number of nitrogens with zero attached hydrogens (tertiary/aromatic N) is 3. The lowest BCUT2D eigenvalue weighted by Gasteiger charge is -2.36. The second-order valence-corrected chi connectivity index (χ2v) is 6.53. The van der Waals surface area contributed by atoms with Gasteiger partial charge in [-0.05, 0) is 17.7 Å². The molecule has 0 atom stereocenters. The molecule has 7 heteroatoms. The van der Waals surface area contributed by atoms with Gasteiger partial charge in [0.1, 0.15) is 5.03 Å². The molecule has 22 heavy (non-hydrogen) atoms. The van der Waals surface area contributed by atoms with E-state index < -0.39 is 5.97 Å². The van der Waals surface area contributed by atoms with E-state index in [0.29, 0.717) is 13.1 Å². The molecule has 0 amide bonds. The van der Waals surface area contributed by atoms with Crippen LogP contribution >= 0.6 is 11.8 Å². The Balaban J connectivity index is 1.48. The van der Waals surface area contributed by atoms with Gasteiger partial charge in [-0.2, -0.15) is 0 Å². The summed E-state index contributed by atoms with van der Waals surface area (Å²) in [6.07, 6.45) is 3.36. The number of benzene rings is 1. The van der Waals surface area contributed by atoms with Crippen LogP contribution in [0.1, 0.15) is 5.56 Å². The van der Waals surface area contributed by atoms with Gasteiger partial charge in [0.15, 0.2) is 5.82 Å². The normalized spacial score (nSPS) is 17.1. The minimum atomic E-state index is -0.699. The summed E-state index contributed by atoms with van der Waals surface area (Å²) in [5, 5.41) is 13.1. The van der Waals surface area contributed by atoms with Crippen LogP contribution in [0.3, 0.4) is 0 Å². The molecule has 0 radical (unpaired) electrons. The molecule has 6 nitrogen and oxygen atoms in total. The highest BCUT2D eigenvalue weighted by Gasteiger charge is 2.32. The number of fused-ring (bicyclic) bond motifs is 2. The van der Waals surface area contributed by atoms with E-state index in [-0.39, 0.29) is 5.92 Å². The minimum Gasteiger partial charge on any atom is -0.481 e. The Hall–Kier alpha value is -2.12. The quantitative estimate of drug-likeness (QED) is 0.767. The van der Waals surface area contributed by atoms with Gasteiger partial charge < -0.3 is 10.4 Å². The summed E-state index contributed by atoms with van der Waals surface area (Å²) in [7, 11) is 0. The summed E-state index contributed by atoms with van der Waals surface area (Å²) in [5.41, 5.74) is 2.20. The van der Waals surface area contributed by atoms with Crippen LogP contribution < -0.4 is 5.32 Å². The van der Waals surface area contributed by atoms with Crippen LogP contribution in [0, 0.1) is 5.92 Å². The zero-order valence-corrected chi connectivity index (χ0v) is 12.5. The summed E-state index contributed by atoms with van der Waals surface area (Å²) in [6.45, 7) is 2.03. The maximum absolute atomic E-state index is 10.8. The highest BCUT2D eigenvalue weighted by atomic mass is 32.2. The molecule has 2 aliphatic heterocycles. The number of hydrogen-bond donors (Lipinski definition) is 2. The molecule has 2 aromatic rings. The van der Waals surface area contributed by atoms with Crippen molar-refractivity contribution in [2.24, 2.45) is 5.92 Å². The first-order valence-electron chi connectivity index (χ1n) is 7.03. The van der Waals surface area contributed by atoms with Crippen molar-refractivity contribution in [2.75, 3.05) is 18.4 Å². The molecule has 112 valence electrons. The van der Waals surface area contributed by atoms with E-state index in [1.807, 2.05) is 0 Å². The average molecular weight is 314 g/mol. The number of carboxylic acid groups (broad SMARTS) is 1. The number of anilines is 2. The van der Waals surface area contributed by atoms with E-state index in [9.17, 15) is 4.79 Å². The van der Waals surface area contributed by atoms with Crippen molar-refractivity contribution < 1.29 is 9.90 Å². The first-order valence-corrected chi connectivity index (χ1v) is 7.84. The summed E-state index contributed by atoms with van der Waals surface area (Å²) < 4.78 is 0. The molecule has 4 rings (SSSR count). The third kappa shape index (κ3) is 2.42. The van der Waals surface area contributed by atoms with Gasteiger partial charge in [0.25, 0.3) is 0 Å². The molecule has 1 aromatic heterocycles. The highest BCUT2D eigenvalue weighted by Crippen LogP contribution is 2.42. The predicted octanol–water partition coefficient (Wildman–Crippen LogP) is 2.20. The highest BCUT2D eigenvalue weighted by molar-refractivity contribution is 7.99. The van der Waals surface area contributed by atoms with E-state index in [1.165, 1.54) is 5.56 Å². The van der Waals surface area contributed by atoms with Crippen LogP contribution in [0.4, 0.5) is 11.5 Å². The molecule has 3 heterocycles. The van der Waals surface area contributed by atoms with Gasteiger partial charge in [-0.15, -0.1) is 0 Å². The van der Waals surface area contributed by atoms with Gasteiger partial charge in [0, 0.05) is 36.9 Å². The van der Waals surface area contributed by atoms with Gasteiger partial charge in [0.05, 0.1) is 11.6 Å². The monoisotopic (exact) mass is 314 g/mol. The van der Waals surface area contributed by atoms with E-state index >= 15 is 0 Å². The maximum Gasteiger partial charge on any atom is 0.309 e. The Labute approximate surface area is 131 Å². The number of likely N-dealkylation sites (tertiary alicyclic amines) is 1. The van der Waals surface area contributed by atoms with Gasteiger partial charge in [-0.1, -0.05) is 17.8 Å². The number of aliphatic carboxylic acids is 1. The van der Waals surface area contributed by atoms with Crippen molar-refractivity contribution in [3.8, 4) is 0 Å². The molecule has 2 aliphatic rings. The fourth-order valence-corrected chi connectivity index (χ4v) is 3.57. The molecular weight excluding hydrogens is 300 g/mol. The zero-order chi connectivity index (χ0) is 15.1. The van der Waals surface area contributed by atoms with Crippen LogP contribution in [0.2, 0.25) is 0 Å². The molecular formula is C15H14N4O2S. The number of nitrogens with one attached hydrogen (secondary N) is 1. The fourth-order valence-electron chi connectivity index (χ4n) is 2.69. The van der Waals surface area contributed by atoms with E-state index in [1.54, 1.807) is 24.2 Å². The Morgan fingerprint density at radius 3 is 3.00 bits per heavy atom. The molecule has 1 fully saturated rings. The van der Waals surface area contributed by atoms with E-state index in [2.05, 4.69) is 38.4 Å². The summed E-state index contributed by atoms with van der Waals surface area (Å²) in [4.78, 5) is 22.7. The smallest absolute Gasteiger partial charge is 0.309 e. The molecule has 0 aliphatic carbocycles. The van der Waals surface area contributed by atoms with Crippen LogP contribution in [-0.2, 0) is 11.3 Å². The van der Waals surface area contributed by atoms with E-state index in [0.717, 1.165) is 28.0 Å². The Kier molecular flexibility index (Phi) is 3.24. The fraction of sp³-hybridized carbons (Fsp3) is 0.267. The number of carboxylic acids is 1.